The predicted molar refractivity (Wildman–Crippen MR) is 72.1 cm³/mol. The summed E-state index contributed by atoms with van der Waals surface area (Å²) in [4.78, 5) is 11.9. The van der Waals surface area contributed by atoms with Crippen LogP contribution in [0.15, 0.2) is 11.5 Å². The van der Waals surface area contributed by atoms with Crippen LogP contribution in [-0.4, -0.2) is 44.9 Å². The van der Waals surface area contributed by atoms with Crippen molar-refractivity contribution in [3.05, 3.63) is 11.5 Å². The monoisotopic (exact) mass is 292 g/mol. The molecule has 3 atom stereocenters. The van der Waals surface area contributed by atoms with Gasteiger partial charge in [-0.05, 0) is 20.4 Å². The van der Waals surface area contributed by atoms with E-state index in [1.54, 1.807) is 6.92 Å². The van der Waals surface area contributed by atoms with Crippen molar-refractivity contribution in [2.75, 3.05) is 12.8 Å². The van der Waals surface area contributed by atoms with Crippen molar-refractivity contribution < 1.29 is 17.6 Å². The molecule has 0 aromatic heterocycles. The van der Waals surface area contributed by atoms with Gasteiger partial charge in [0.1, 0.15) is 0 Å². The fourth-order valence-electron chi connectivity index (χ4n) is 2.03. The Labute approximate surface area is 113 Å². The summed E-state index contributed by atoms with van der Waals surface area (Å²) in [6, 6.07) is -0.577. The van der Waals surface area contributed by atoms with Crippen LogP contribution in [0.2, 0.25) is 0 Å². The molecule has 1 fully saturated rings. The van der Waals surface area contributed by atoms with Gasteiger partial charge in [-0.15, -0.1) is 0 Å². The minimum absolute atomic E-state index is 0.0497. The van der Waals surface area contributed by atoms with Gasteiger partial charge in [-0.25, -0.2) is 12.8 Å². The van der Waals surface area contributed by atoms with Crippen molar-refractivity contribution in [2.24, 2.45) is 0 Å². The zero-order chi connectivity index (χ0) is 14.7. The minimum atomic E-state index is -3.24. The Balaban J connectivity index is 2.61. The van der Waals surface area contributed by atoms with E-state index < -0.39 is 27.5 Å². The Hall–Kier alpha value is -0.950. The van der Waals surface area contributed by atoms with Crippen molar-refractivity contribution in [1.82, 2.24) is 10.6 Å². The van der Waals surface area contributed by atoms with Gasteiger partial charge in [0.25, 0.3) is 5.91 Å². The second-order valence-electron chi connectivity index (χ2n) is 5.19. The lowest BCUT2D eigenvalue weighted by molar-refractivity contribution is -0.135. The highest BCUT2D eigenvalue weighted by atomic mass is 32.2. The van der Waals surface area contributed by atoms with Crippen LogP contribution in [0.1, 0.15) is 26.7 Å². The van der Waals surface area contributed by atoms with Crippen LogP contribution in [0, 0.1) is 0 Å². The van der Waals surface area contributed by atoms with Crippen LogP contribution < -0.4 is 10.6 Å². The fraction of sp³-hybridized carbons (Fsp3) is 0.750. The van der Waals surface area contributed by atoms with Gasteiger partial charge in [-0.3, -0.25) is 4.79 Å². The summed E-state index contributed by atoms with van der Waals surface area (Å²) < 4.78 is 36.4. The van der Waals surface area contributed by atoms with Gasteiger partial charge in [0.05, 0.1) is 0 Å². The number of nitrogens with one attached hydrogen (secondary N) is 2. The molecule has 110 valence electrons. The zero-order valence-electron chi connectivity index (χ0n) is 11.4. The first kappa shape index (κ1) is 16.1. The Kier molecular flexibility index (Phi) is 5.09. The van der Waals surface area contributed by atoms with Crippen molar-refractivity contribution in [2.45, 2.75) is 44.4 Å². The van der Waals surface area contributed by atoms with E-state index in [2.05, 4.69) is 10.6 Å². The van der Waals surface area contributed by atoms with Crippen molar-refractivity contribution in [3.63, 3.8) is 0 Å². The SMILES string of the molecule is C[C@H](/C=C\S(C)(=O)=O)NC(=O)[C@]1(F)CCN[C@H](C)C1. The third-order valence-corrected chi connectivity index (χ3v) is 3.68. The van der Waals surface area contributed by atoms with E-state index in [4.69, 9.17) is 0 Å². The maximum Gasteiger partial charge on any atom is 0.258 e. The van der Waals surface area contributed by atoms with Crippen LogP contribution in [0.25, 0.3) is 0 Å². The molecule has 19 heavy (non-hydrogen) atoms. The van der Waals surface area contributed by atoms with Crippen molar-refractivity contribution >= 4 is 15.7 Å². The molecule has 1 aliphatic heterocycles. The normalized spacial score (nSPS) is 30.2. The number of carbonyl (C=O) groups is 1. The number of hydrogen-bond acceptors (Lipinski definition) is 4. The molecule has 7 heteroatoms. The molecule has 0 aliphatic carbocycles. The number of carbonyl (C=O) groups excluding carboxylic acids is 1. The molecule has 0 aromatic rings. The molecule has 0 bridgehead atoms. The number of rotatable bonds is 4. The smallest absolute Gasteiger partial charge is 0.258 e. The van der Waals surface area contributed by atoms with E-state index in [0.717, 1.165) is 11.7 Å². The van der Waals surface area contributed by atoms with Gasteiger partial charge < -0.3 is 10.6 Å². The molecule has 0 radical (unpaired) electrons. The number of sulfone groups is 1. The van der Waals surface area contributed by atoms with Gasteiger partial charge in [0, 0.05) is 36.6 Å². The number of alkyl halides is 1. The van der Waals surface area contributed by atoms with Gasteiger partial charge >= 0.3 is 0 Å². The molecule has 1 rings (SSSR count). The first-order chi connectivity index (χ1) is 8.62. The third-order valence-electron chi connectivity index (χ3n) is 3.02. The van der Waals surface area contributed by atoms with Gasteiger partial charge in [0.2, 0.25) is 0 Å². The Morgan fingerprint density at radius 3 is 2.74 bits per heavy atom. The number of hydrogen-bond donors (Lipinski definition) is 2. The topological polar surface area (TPSA) is 75.3 Å². The highest BCUT2D eigenvalue weighted by Gasteiger charge is 2.42. The zero-order valence-corrected chi connectivity index (χ0v) is 12.3. The lowest BCUT2D eigenvalue weighted by Crippen LogP contribution is -2.54. The fourth-order valence-corrected chi connectivity index (χ4v) is 2.55. The molecule has 1 saturated heterocycles. The van der Waals surface area contributed by atoms with Crippen LogP contribution in [0.3, 0.4) is 0 Å². The molecular formula is C12H21FN2O3S. The van der Waals surface area contributed by atoms with Crippen LogP contribution in [0.5, 0.6) is 0 Å². The molecule has 2 N–H and O–H groups in total. The quantitative estimate of drug-likeness (QED) is 0.792. The minimum Gasteiger partial charge on any atom is -0.347 e. The number of amides is 1. The summed E-state index contributed by atoms with van der Waals surface area (Å²) in [5.41, 5.74) is -1.88. The molecule has 1 aliphatic rings. The maximum atomic E-state index is 14.5. The largest absolute Gasteiger partial charge is 0.347 e. The van der Waals surface area contributed by atoms with Crippen molar-refractivity contribution in [3.8, 4) is 0 Å². The number of halogens is 1. The molecule has 1 heterocycles. The Bertz CT molecular complexity index is 464. The molecule has 0 unspecified atom stereocenters. The molecule has 0 aromatic carbocycles. The molecular weight excluding hydrogens is 271 g/mol. The van der Waals surface area contributed by atoms with E-state index in [-0.39, 0.29) is 18.9 Å². The maximum absolute atomic E-state index is 14.5. The standard InChI is InChI=1S/C12H21FN2O3S/c1-9(4-7-19(3,17)18)15-11(16)12(13)5-6-14-10(2)8-12/h4,7,9-10,14H,5-6,8H2,1-3H3,(H,15,16)/b7-4-/t9-,10-,12+/m1/s1. The predicted octanol–water partition coefficient (Wildman–Crippen LogP) is 0.530. The third kappa shape index (κ3) is 5.28. The average molecular weight is 292 g/mol. The second-order valence-corrected chi connectivity index (χ2v) is 7.13. The Morgan fingerprint density at radius 2 is 2.21 bits per heavy atom. The van der Waals surface area contributed by atoms with E-state index in [9.17, 15) is 17.6 Å². The molecule has 5 nitrogen and oxygen atoms in total. The summed E-state index contributed by atoms with van der Waals surface area (Å²) in [5, 5.41) is 6.58. The van der Waals surface area contributed by atoms with Gasteiger partial charge in [0.15, 0.2) is 15.5 Å². The van der Waals surface area contributed by atoms with E-state index in [0.29, 0.717) is 6.54 Å². The summed E-state index contributed by atoms with van der Waals surface area (Å²) in [5.74, 6) is -0.675. The molecule has 0 saturated carbocycles. The summed E-state index contributed by atoms with van der Waals surface area (Å²) >= 11 is 0. The molecule has 0 spiro atoms. The van der Waals surface area contributed by atoms with Crippen molar-refractivity contribution in [1.29, 1.82) is 0 Å². The van der Waals surface area contributed by atoms with E-state index in [1.807, 2.05) is 6.92 Å². The highest BCUT2D eigenvalue weighted by molar-refractivity contribution is 7.93. The highest BCUT2D eigenvalue weighted by Crippen LogP contribution is 2.26. The first-order valence-electron chi connectivity index (χ1n) is 6.24. The van der Waals surface area contributed by atoms with Crippen LogP contribution in [0.4, 0.5) is 4.39 Å². The molecule has 1 amide bonds. The summed E-state index contributed by atoms with van der Waals surface area (Å²) in [6.45, 7) is 3.89. The second kappa shape index (κ2) is 6.00. The van der Waals surface area contributed by atoms with Gasteiger partial charge in [-0.1, -0.05) is 6.08 Å². The van der Waals surface area contributed by atoms with E-state index in [1.165, 1.54) is 6.08 Å². The summed E-state index contributed by atoms with van der Waals surface area (Å²) in [7, 11) is -3.24. The summed E-state index contributed by atoms with van der Waals surface area (Å²) in [6.07, 6.45) is 2.65. The lowest BCUT2D eigenvalue weighted by Gasteiger charge is -2.33. The van der Waals surface area contributed by atoms with Gasteiger partial charge in [-0.2, -0.15) is 0 Å². The van der Waals surface area contributed by atoms with Crippen LogP contribution >= 0.6 is 0 Å². The lowest BCUT2D eigenvalue weighted by atomic mass is 9.89. The number of piperidine rings is 1. The first-order valence-corrected chi connectivity index (χ1v) is 8.19. The average Bonchev–Trinajstić information content (AvgIpc) is 2.25. The van der Waals surface area contributed by atoms with E-state index >= 15 is 0 Å². The van der Waals surface area contributed by atoms with Crippen LogP contribution in [-0.2, 0) is 14.6 Å². The Morgan fingerprint density at radius 1 is 1.58 bits per heavy atom.